The van der Waals surface area contributed by atoms with Crippen molar-refractivity contribution in [2.45, 2.75) is 32.8 Å². The van der Waals surface area contributed by atoms with E-state index in [1.807, 2.05) is 26.0 Å². The Morgan fingerprint density at radius 2 is 2.15 bits per heavy atom. The van der Waals surface area contributed by atoms with Gasteiger partial charge in [0.2, 0.25) is 5.91 Å². The molecule has 2 aromatic rings. The summed E-state index contributed by atoms with van der Waals surface area (Å²) in [6, 6.07) is 7.23. The first-order valence-corrected chi connectivity index (χ1v) is 8.64. The van der Waals surface area contributed by atoms with Crippen LogP contribution in [0.3, 0.4) is 0 Å². The molecule has 0 unspecified atom stereocenters. The van der Waals surface area contributed by atoms with Gasteiger partial charge in [-0.15, -0.1) is 0 Å². The van der Waals surface area contributed by atoms with Crippen LogP contribution in [0.25, 0.3) is 0 Å². The summed E-state index contributed by atoms with van der Waals surface area (Å²) in [7, 11) is 1.54. The van der Waals surface area contributed by atoms with Crippen molar-refractivity contribution in [3.63, 3.8) is 0 Å². The summed E-state index contributed by atoms with van der Waals surface area (Å²) in [6.07, 6.45) is 0.787. The highest BCUT2D eigenvalue weighted by Crippen LogP contribution is 2.41. The lowest BCUT2D eigenvalue weighted by Crippen LogP contribution is -2.37. The average molecular weight is 373 g/mol. The van der Waals surface area contributed by atoms with Crippen molar-refractivity contribution in [2.24, 2.45) is 0 Å². The van der Waals surface area contributed by atoms with Gasteiger partial charge in [-0.1, -0.05) is 17.3 Å². The molecule has 0 atom stereocenters. The van der Waals surface area contributed by atoms with Crippen molar-refractivity contribution < 1.29 is 23.6 Å². The highest BCUT2D eigenvalue weighted by atomic mass is 16.5. The number of hydrogen-bond acceptors (Lipinski definition) is 6. The third-order valence-electron chi connectivity index (χ3n) is 4.11. The quantitative estimate of drug-likeness (QED) is 0.834. The van der Waals surface area contributed by atoms with Gasteiger partial charge in [0, 0.05) is 25.1 Å². The van der Waals surface area contributed by atoms with Gasteiger partial charge < -0.3 is 24.2 Å². The van der Waals surface area contributed by atoms with Crippen LogP contribution in [0.2, 0.25) is 0 Å². The zero-order valence-corrected chi connectivity index (χ0v) is 15.9. The molecule has 3 rings (SSSR count). The molecule has 1 aromatic carbocycles. The van der Waals surface area contributed by atoms with Crippen LogP contribution in [-0.2, 0) is 16.0 Å². The molecule has 0 bridgehead atoms. The topological polar surface area (TPSA) is 93.9 Å². The fourth-order valence-electron chi connectivity index (χ4n) is 2.86. The third kappa shape index (κ3) is 4.58. The molecular formula is C19H23N3O5. The molecule has 1 aliphatic rings. The Hall–Kier alpha value is -3.03. The van der Waals surface area contributed by atoms with Crippen LogP contribution in [0.15, 0.2) is 28.8 Å². The summed E-state index contributed by atoms with van der Waals surface area (Å²) in [6.45, 7) is 5.42. The number of rotatable bonds is 6. The number of aromatic nitrogens is 1. The Kier molecular flexibility index (Phi) is 5.07. The molecule has 0 aliphatic carbocycles. The number of carbonyl (C=O) groups excluding carboxylic acids is 2. The van der Waals surface area contributed by atoms with Gasteiger partial charge >= 0.3 is 0 Å². The van der Waals surface area contributed by atoms with Crippen LogP contribution in [0.4, 0.5) is 5.82 Å². The van der Waals surface area contributed by atoms with Crippen molar-refractivity contribution in [2.75, 3.05) is 25.5 Å². The van der Waals surface area contributed by atoms with Gasteiger partial charge in [0.05, 0.1) is 6.54 Å². The van der Waals surface area contributed by atoms with Crippen LogP contribution in [0, 0.1) is 6.92 Å². The lowest BCUT2D eigenvalue weighted by Gasteiger charge is -2.19. The number of aryl methyl sites for hydroxylation is 1. The van der Waals surface area contributed by atoms with E-state index in [-0.39, 0.29) is 30.6 Å². The first kappa shape index (κ1) is 18.8. The van der Waals surface area contributed by atoms with E-state index >= 15 is 0 Å². The van der Waals surface area contributed by atoms with Gasteiger partial charge in [-0.3, -0.25) is 9.59 Å². The Morgan fingerprint density at radius 3 is 2.85 bits per heavy atom. The molecule has 0 fully saturated rings. The van der Waals surface area contributed by atoms with E-state index in [4.69, 9.17) is 14.0 Å². The molecule has 2 heterocycles. The lowest BCUT2D eigenvalue weighted by molar-refractivity contribution is -0.135. The number of nitrogens with zero attached hydrogens (tertiary/aromatic N) is 2. The Labute approximate surface area is 157 Å². The number of carbonyl (C=O) groups is 2. The fraction of sp³-hybridized carbons (Fsp3) is 0.421. The molecule has 8 heteroatoms. The van der Waals surface area contributed by atoms with E-state index < -0.39 is 0 Å². The van der Waals surface area contributed by atoms with Gasteiger partial charge in [-0.05, 0) is 26.8 Å². The summed E-state index contributed by atoms with van der Waals surface area (Å²) in [5, 5.41) is 6.25. The first-order chi connectivity index (χ1) is 12.7. The molecule has 2 amide bonds. The number of anilines is 1. The zero-order valence-electron chi connectivity index (χ0n) is 15.9. The maximum atomic E-state index is 12.3. The van der Waals surface area contributed by atoms with Crippen molar-refractivity contribution in [1.29, 1.82) is 0 Å². The molecular weight excluding hydrogens is 350 g/mol. The molecule has 1 N–H and O–H groups in total. The van der Waals surface area contributed by atoms with Gasteiger partial charge in [0.25, 0.3) is 5.91 Å². The Bertz CT molecular complexity index is 859. The first-order valence-electron chi connectivity index (χ1n) is 8.64. The molecule has 1 aliphatic heterocycles. The van der Waals surface area contributed by atoms with Gasteiger partial charge in [-0.25, -0.2) is 0 Å². The van der Waals surface area contributed by atoms with E-state index in [1.54, 1.807) is 19.1 Å². The number of amides is 2. The molecule has 0 spiro atoms. The number of likely N-dealkylation sites (N-methyl/N-ethyl adjacent to an activating group) is 1. The van der Waals surface area contributed by atoms with Crippen LogP contribution >= 0.6 is 0 Å². The molecule has 27 heavy (non-hydrogen) atoms. The van der Waals surface area contributed by atoms with Crippen LogP contribution in [0.5, 0.6) is 11.5 Å². The number of fused-ring (bicyclic) bond motifs is 1. The second kappa shape index (κ2) is 7.30. The van der Waals surface area contributed by atoms with E-state index in [0.717, 1.165) is 12.0 Å². The SMILES string of the molecule is Cc1cc(NC(=O)CN(C)C(=O)COc2cccc3c2OC(C)(C)C3)no1. The van der Waals surface area contributed by atoms with Crippen molar-refractivity contribution in [1.82, 2.24) is 10.1 Å². The third-order valence-corrected chi connectivity index (χ3v) is 4.11. The summed E-state index contributed by atoms with van der Waals surface area (Å²) < 4.78 is 16.5. The number of para-hydroxylation sites is 1. The number of ether oxygens (including phenoxy) is 2. The van der Waals surface area contributed by atoms with Crippen LogP contribution in [-0.4, -0.2) is 47.7 Å². The molecule has 1 aromatic heterocycles. The predicted molar refractivity (Wildman–Crippen MR) is 97.9 cm³/mol. The maximum absolute atomic E-state index is 12.3. The summed E-state index contributed by atoms with van der Waals surface area (Å²) >= 11 is 0. The van der Waals surface area contributed by atoms with E-state index in [2.05, 4.69) is 10.5 Å². The number of benzene rings is 1. The molecule has 0 saturated carbocycles. The second-order valence-corrected chi connectivity index (χ2v) is 7.19. The number of hydrogen-bond donors (Lipinski definition) is 1. The second-order valence-electron chi connectivity index (χ2n) is 7.19. The van der Waals surface area contributed by atoms with Gasteiger partial charge in [0.1, 0.15) is 11.4 Å². The molecule has 144 valence electrons. The van der Waals surface area contributed by atoms with Crippen LogP contribution in [0.1, 0.15) is 25.2 Å². The molecule has 8 nitrogen and oxygen atoms in total. The highest BCUT2D eigenvalue weighted by Gasteiger charge is 2.32. The Morgan fingerprint density at radius 1 is 1.37 bits per heavy atom. The van der Waals surface area contributed by atoms with E-state index in [0.29, 0.717) is 23.1 Å². The van der Waals surface area contributed by atoms with Crippen molar-refractivity contribution in [3.05, 3.63) is 35.6 Å². The summed E-state index contributed by atoms with van der Waals surface area (Å²) in [5.41, 5.74) is 0.765. The minimum atomic E-state index is -0.371. The zero-order chi connectivity index (χ0) is 19.6. The van der Waals surface area contributed by atoms with Crippen molar-refractivity contribution >= 4 is 17.6 Å². The minimum absolute atomic E-state index is 0.121. The lowest BCUT2D eigenvalue weighted by atomic mass is 10.0. The van der Waals surface area contributed by atoms with Crippen LogP contribution < -0.4 is 14.8 Å². The largest absolute Gasteiger partial charge is 0.483 e. The maximum Gasteiger partial charge on any atom is 0.260 e. The Balaban J connectivity index is 1.52. The predicted octanol–water partition coefficient (Wildman–Crippen LogP) is 2.17. The highest BCUT2D eigenvalue weighted by molar-refractivity contribution is 5.93. The van der Waals surface area contributed by atoms with Crippen molar-refractivity contribution in [3.8, 4) is 11.5 Å². The van der Waals surface area contributed by atoms with Gasteiger partial charge in [-0.2, -0.15) is 0 Å². The van der Waals surface area contributed by atoms with E-state index in [1.165, 1.54) is 11.9 Å². The van der Waals surface area contributed by atoms with Gasteiger partial charge in [0.15, 0.2) is 23.9 Å². The number of nitrogens with one attached hydrogen (secondary N) is 1. The summed E-state index contributed by atoms with van der Waals surface area (Å²) in [5.74, 6) is 1.42. The monoisotopic (exact) mass is 373 g/mol. The molecule has 0 radical (unpaired) electrons. The summed E-state index contributed by atoms with van der Waals surface area (Å²) in [4.78, 5) is 25.6. The normalized spacial score (nSPS) is 14.2. The smallest absolute Gasteiger partial charge is 0.260 e. The molecule has 0 saturated heterocycles. The minimum Gasteiger partial charge on any atom is -0.483 e. The van der Waals surface area contributed by atoms with E-state index in [9.17, 15) is 9.59 Å². The average Bonchev–Trinajstić information content (AvgIpc) is 3.13. The fourth-order valence-corrected chi connectivity index (χ4v) is 2.86. The standard InChI is InChI=1S/C19H23N3O5/c1-12-8-15(21-27-12)20-16(23)10-22(4)17(24)11-25-14-7-5-6-13-9-19(2,3)26-18(13)14/h5-8H,9-11H2,1-4H3,(H,20,21,23).